The van der Waals surface area contributed by atoms with Crippen molar-refractivity contribution in [2.45, 2.75) is 45.1 Å². The zero-order chi connectivity index (χ0) is 23.4. The van der Waals surface area contributed by atoms with Gasteiger partial charge in [0.2, 0.25) is 0 Å². The third-order valence-corrected chi connectivity index (χ3v) is 6.55. The molecule has 0 spiro atoms. The summed E-state index contributed by atoms with van der Waals surface area (Å²) in [5, 5.41) is 8.47. The number of hydrogen-bond donors (Lipinski definition) is 0. The number of alkyl halides is 1. The summed E-state index contributed by atoms with van der Waals surface area (Å²) in [4.78, 5) is 12.8. The van der Waals surface area contributed by atoms with E-state index < -0.39 is 0 Å². The molecular weight excluding hydrogens is 434 g/mol. The van der Waals surface area contributed by atoms with Crippen molar-refractivity contribution < 1.29 is 9.53 Å². The number of rotatable bonds is 8. The number of carbonyl (C=O) groups excluding carboxylic acids is 1. The van der Waals surface area contributed by atoms with Gasteiger partial charge in [0, 0.05) is 12.9 Å². The van der Waals surface area contributed by atoms with Crippen LogP contribution in [0.5, 0.6) is 0 Å². The smallest absolute Gasteiger partial charge is 0.306 e. The summed E-state index contributed by atoms with van der Waals surface area (Å²) >= 11 is 6.18. The Balaban J connectivity index is 1.60. The van der Waals surface area contributed by atoms with Crippen molar-refractivity contribution in [3.8, 4) is 0 Å². The zero-order valence-corrected chi connectivity index (χ0v) is 20.0. The molecule has 0 N–H and O–H groups in total. The molecule has 0 saturated heterocycles. The first-order valence-electron chi connectivity index (χ1n) is 11.1. The number of carbonyl (C=O) groups is 1. The van der Waals surface area contributed by atoms with E-state index in [2.05, 4.69) is 48.4 Å². The molecule has 1 atom stereocenters. The van der Waals surface area contributed by atoms with Gasteiger partial charge in [0.15, 0.2) is 0 Å². The van der Waals surface area contributed by atoms with E-state index in [0.717, 1.165) is 44.4 Å². The van der Waals surface area contributed by atoms with Crippen molar-refractivity contribution in [2.24, 2.45) is 7.05 Å². The summed E-state index contributed by atoms with van der Waals surface area (Å²) in [5.41, 5.74) is 8.43. The maximum atomic E-state index is 12.8. The summed E-state index contributed by atoms with van der Waals surface area (Å²) in [6.45, 7) is 4.39. The lowest BCUT2D eigenvalue weighted by atomic mass is 9.86. The SMILES string of the molecule is Cc1ccc([C@@H](CC(=O)OCc2ccccc2)Cc2ccc3c(nnn3C)c2C)cc1CCl. The molecule has 0 fully saturated rings. The van der Waals surface area contributed by atoms with Crippen LogP contribution < -0.4 is 0 Å². The Morgan fingerprint density at radius 2 is 1.85 bits per heavy atom. The molecule has 0 aliphatic carbocycles. The number of ether oxygens (including phenoxy) is 1. The van der Waals surface area contributed by atoms with Crippen LogP contribution in [-0.2, 0) is 35.5 Å². The van der Waals surface area contributed by atoms with E-state index in [1.807, 2.05) is 43.4 Å². The molecule has 3 aromatic carbocycles. The van der Waals surface area contributed by atoms with Crippen LogP contribution in [0, 0.1) is 13.8 Å². The van der Waals surface area contributed by atoms with Crippen LogP contribution in [0.1, 0.15) is 45.7 Å². The molecule has 6 heteroatoms. The Hall–Kier alpha value is -3.18. The Labute approximate surface area is 199 Å². The van der Waals surface area contributed by atoms with Crippen molar-refractivity contribution in [1.82, 2.24) is 15.0 Å². The Morgan fingerprint density at radius 3 is 2.61 bits per heavy atom. The van der Waals surface area contributed by atoms with Gasteiger partial charge in [-0.1, -0.05) is 59.8 Å². The molecule has 4 aromatic rings. The lowest BCUT2D eigenvalue weighted by Crippen LogP contribution is -2.14. The van der Waals surface area contributed by atoms with E-state index in [-0.39, 0.29) is 24.9 Å². The molecule has 1 aromatic heterocycles. The van der Waals surface area contributed by atoms with Gasteiger partial charge in [0.1, 0.15) is 12.1 Å². The number of aryl methyl sites for hydroxylation is 3. The minimum Gasteiger partial charge on any atom is -0.461 e. The molecule has 0 unspecified atom stereocenters. The Morgan fingerprint density at radius 1 is 1.06 bits per heavy atom. The predicted molar refractivity (Wildman–Crippen MR) is 131 cm³/mol. The normalized spacial score (nSPS) is 12.1. The van der Waals surface area contributed by atoms with Crippen LogP contribution in [0.15, 0.2) is 60.7 Å². The Kier molecular flexibility index (Phi) is 7.09. The molecule has 1 heterocycles. The predicted octanol–water partition coefficient (Wildman–Crippen LogP) is 5.78. The van der Waals surface area contributed by atoms with Crippen molar-refractivity contribution in [3.63, 3.8) is 0 Å². The number of esters is 1. The average molecular weight is 462 g/mol. The fourth-order valence-electron chi connectivity index (χ4n) is 4.16. The van der Waals surface area contributed by atoms with Gasteiger partial charge < -0.3 is 4.74 Å². The van der Waals surface area contributed by atoms with E-state index >= 15 is 0 Å². The molecule has 5 nitrogen and oxygen atoms in total. The van der Waals surface area contributed by atoms with Crippen LogP contribution in [0.4, 0.5) is 0 Å². The van der Waals surface area contributed by atoms with Crippen LogP contribution in [0.25, 0.3) is 11.0 Å². The van der Waals surface area contributed by atoms with Gasteiger partial charge in [-0.3, -0.25) is 4.79 Å². The minimum atomic E-state index is -0.213. The third-order valence-electron chi connectivity index (χ3n) is 6.26. The van der Waals surface area contributed by atoms with Gasteiger partial charge in [-0.15, -0.1) is 16.7 Å². The maximum absolute atomic E-state index is 12.8. The molecule has 0 aliphatic rings. The molecule has 0 amide bonds. The van der Waals surface area contributed by atoms with Gasteiger partial charge in [0.25, 0.3) is 0 Å². The number of fused-ring (bicyclic) bond motifs is 1. The first-order chi connectivity index (χ1) is 16.0. The zero-order valence-electron chi connectivity index (χ0n) is 19.2. The molecule has 0 aliphatic heterocycles. The Bertz CT molecular complexity index is 1270. The van der Waals surface area contributed by atoms with E-state index in [0.29, 0.717) is 12.3 Å². The van der Waals surface area contributed by atoms with Crippen molar-refractivity contribution in [2.75, 3.05) is 0 Å². The van der Waals surface area contributed by atoms with Crippen LogP contribution in [0.2, 0.25) is 0 Å². The van der Waals surface area contributed by atoms with Gasteiger partial charge >= 0.3 is 5.97 Å². The highest BCUT2D eigenvalue weighted by Crippen LogP contribution is 2.30. The molecule has 0 saturated carbocycles. The van der Waals surface area contributed by atoms with Crippen LogP contribution in [-0.4, -0.2) is 21.0 Å². The van der Waals surface area contributed by atoms with Gasteiger partial charge in [-0.2, -0.15) is 0 Å². The standard InChI is InChI=1S/C27H28ClN3O2/c1-18-9-10-22(14-24(18)16-28)23(15-26(32)33-17-20-7-5-4-6-8-20)13-21-11-12-25-27(19(21)2)29-30-31(25)3/h4-12,14,23H,13,15-17H2,1-3H3/t23-/m1/s1. The number of nitrogens with zero attached hydrogens (tertiary/aromatic N) is 3. The summed E-state index contributed by atoms with van der Waals surface area (Å²) in [6.07, 6.45) is 0.985. The highest BCUT2D eigenvalue weighted by atomic mass is 35.5. The summed E-state index contributed by atoms with van der Waals surface area (Å²) in [6, 6.07) is 20.2. The van der Waals surface area contributed by atoms with Crippen LogP contribution >= 0.6 is 11.6 Å². The number of aromatic nitrogens is 3. The van der Waals surface area contributed by atoms with E-state index in [1.165, 1.54) is 0 Å². The largest absolute Gasteiger partial charge is 0.461 e. The number of hydrogen-bond acceptors (Lipinski definition) is 4. The average Bonchev–Trinajstić information content (AvgIpc) is 3.21. The fourth-order valence-corrected chi connectivity index (χ4v) is 4.44. The molecule has 33 heavy (non-hydrogen) atoms. The van der Waals surface area contributed by atoms with Crippen molar-refractivity contribution in [1.29, 1.82) is 0 Å². The first kappa shape index (κ1) is 23.0. The molecule has 0 bridgehead atoms. The topological polar surface area (TPSA) is 57.0 Å². The first-order valence-corrected chi connectivity index (χ1v) is 11.6. The van der Waals surface area contributed by atoms with E-state index in [1.54, 1.807) is 4.68 Å². The summed E-state index contributed by atoms with van der Waals surface area (Å²) in [7, 11) is 1.89. The summed E-state index contributed by atoms with van der Waals surface area (Å²) < 4.78 is 7.39. The van der Waals surface area contributed by atoms with Crippen molar-refractivity contribution in [3.05, 3.63) is 94.0 Å². The minimum absolute atomic E-state index is 0.0383. The highest BCUT2D eigenvalue weighted by Gasteiger charge is 2.21. The van der Waals surface area contributed by atoms with E-state index in [9.17, 15) is 4.79 Å². The molecule has 0 radical (unpaired) electrons. The maximum Gasteiger partial charge on any atom is 0.306 e. The van der Waals surface area contributed by atoms with Gasteiger partial charge in [0.05, 0.1) is 11.9 Å². The monoisotopic (exact) mass is 461 g/mol. The lowest BCUT2D eigenvalue weighted by Gasteiger charge is -2.20. The number of halogens is 1. The van der Waals surface area contributed by atoms with Gasteiger partial charge in [-0.25, -0.2) is 4.68 Å². The second kappa shape index (κ2) is 10.2. The van der Waals surface area contributed by atoms with Crippen LogP contribution in [0.3, 0.4) is 0 Å². The molecular formula is C27H28ClN3O2. The highest BCUT2D eigenvalue weighted by molar-refractivity contribution is 6.17. The molecule has 4 rings (SSSR count). The fraction of sp³-hybridized carbons (Fsp3) is 0.296. The third kappa shape index (κ3) is 5.25. The summed E-state index contributed by atoms with van der Waals surface area (Å²) in [5.74, 6) is 0.189. The van der Waals surface area contributed by atoms with Crippen molar-refractivity contribution >= 4 is 28.6 Å². The lowest BCUT2D eigenvalue weighted by molar-refractivity contribution is -0.145. The van der Waals surface area contributed by atoms with E-state index in [4.69, 9.17) is 16.3 Å². The van der Waals surface area contributed by atoms with Gasteiger partial charge in [-0.05, 0) is 65.6 Å². The molecule has 170 valence electrons. The second-order valence-corrected chi connectivity index (χ2v) is 8.77. The number of benzene rings is 3. The second-order valence-electron chi connectivity index (χ2n) is 8.50. The quantitative estimate of drug-likeness (QED) is 0.246.